The van der Waals surface area contributed by atoms with E-state index < -0.39 is 0 Å². The van der Waals surface area contributed by atoms with Crippen LogP contribution < -0.4 is 14.8 Å². The quantitative estimate of drug-likeness (QED) is 0.712. The first-order valence-corrected chi connectivity index (χ1v) is 9.31. The molecule has 0 fully saturated rings. The summed E-state index contributed by atoms with van der Waals surface area (Å²) in [4.78, 5) is 4.80. The molecule has 2 aromatic carbocycles. The predicted octanol–water partition coefficient (Wildman–Crippen LogP) is 5.07. The van der Waals surface area contributed by atoms with E-state index in [4.69, 9.17) is 14.5 Å². The summed E-state index contributed by atoms with van der Waals surface area (Å²) < 4.78 is 11.3. The van der Waals surface area contributed by atoms with Crippen molar-refractivity contribution in [2.75, 3.05) is 18.5 Å². The van der Waals surface area contributed by atoms with Crippen molar-refractivity contribution >= 4 is 17.0 Å². The zero-order valence-corrected chi connectivity index (χ0v) is 15.1. The van der Waals surface area contributed by atoms with Gasteiger partial charge in [-0.25, -0.2) is 4.98 Å². The van der Waals surface area contributed by atoms with E-state index in [0.29, 0.717) is 6.61 Å². The number of fused-ring (bicyclic) bond motifs is 1. The van der Waals surface area contributed by atoms with Crippen molar-refractivity contribution in [1.29, 1.82) is 0 Å². The van der Waals surface area contributed by atoms with E-state index >= 15 is 0 Å². The Kier molecular flexibility index (Phi) is 4.32. The standard InChI is InChI=1S/C20H20N2O2S/c1-13(2)24-16-6-3-14(4-7-16)18-12-25-20(22-18)15-5-8-19-17(11-15)21-9-10-23-19/h3-8,11-13,21H,9-10H2,1-2H3. The molecule has 3 aromatic rings. The fourth-order valence-corrected chi connectivity index (χ4v) is 3.62. The number of ether oxygens (including phenoxy) is 2. The molecular weight excluding hydrogens is 332 g/mol. The van der Waals surface area contributed by atoms with Gasteiger partial charge >= 0.3 is 0 Å². The maximum Gasteiger partial charge on any atom is 0.142 e. The van der Waals surface area contributed by atoms with Gasteiger partial charge in [0.1, 0.15) is 23.1 Å². The lowest BCUT2D eigenvalue weighted by Gasteiger charge is -2.19. The van der Waals surface area contributed by atoms with Crippen LogP contribution in [0.5, 0.6) is 11.5 Å². The van der Waals surface area contributed by atoms with Gasteiger partial charge in [-0.1, -0.05) is 0 Å². The van der Waals surface area contributed by atoms with Crippen LogP contribution in [0, 0.1) is 0 Å². The molecule has 0 spiro atoms. The topological polar surface area (TPSA) is 43.4 Å². The van der Waals surface area contributed by atoms with Gasteiger partial charge in [0.05, 0.1) is 17.5 Å². The minimum atomic E-state index is 0.179. The third-order valence-corrected chi connectivity index (χ3v) is 4.82. The Hall–Kier alpha value is -2.53. The second-order valence-corrected chi connectivity index (χ2v) is 7.07. The van der Waals surface area contributed by atoms with E-state index in [1.807, 2.05) is 32.0 Å². The zero-order chi connectivity index (χ0) is 17.2. The van der Waals surface area contributed by atoms with Crippen LogP contribution in [-0.4, -0.2) is 24.2 Å². The molecule has 25 heavy (non-hydrogen) atoms. The van der Waals surface area contributed by atoms with Crippen molar-refractivity contribution in [2.45, 2.75) is 20.0 Å². The molecule has 4 nitrogen and oxygen atoms in total. The van der Waals surface area contributed by atoms with Crippen molar-refractivity contribution in [3.63, 3.8) is 0 Å². The van der Waals surface area contributed by atoms with Crippen LogP contribution in [-0.2, 0) is 0 Å². The minimum Gasteiger partial charge on any atom is -0.491 e. The molecule has 0 radical (unpaired) electrons. The third-order valence-electron chi connectivity index (χ3n) is 3.93. The average Bonchev–Trinajstić information content (AvgIpc) is 3.11. The molecule has 2 heterocycles. The van der Waals surface area contributed by atoms with Crippen LogP contribution >= 0.6 is 11.3 Å². The molecule has 5 heteroatoms. The van der Waals surface area contributed by atoms with E-state index in [-0.39, 0.29) is 6.10 Å². The van der Waals surface area contributed by atoms with Gasteiger partial charge < -0.3 is 14.8 Å². The molecule has 0 saturated heterocycles. The maximum absolute atomic E-state index is 5.70. The minimum absolute atomic E-state index is 0.179. The molecule has 0 unspecified atom stereocenters. The number of nitrogens with zero attached hydrogens (tertiary/aromatic N) is 1. The lowest BCUT2D eigenvalue weighted by atomic mass is 10.1. The summed E-state index contributed by atoms with van der Waals surface area (Å²) in [5.41, 5.74) is 4.22. The molecular formula is C20H20N2O2S. The van der Waals surface area contributed by atoms with Gasteiger partial charge in [0.25, 0.3) is 0 Å². The fraction of sp³-hybridized carbons (Fsp3) is 0.250. The van der Waals surface area contributed by atoms with Gasteiger partial charge in [0, 0.05) is 23.1 Å². The Bertz CT molecular complexity index is 872. The Labute approximate surface area is 151 Å². The molecule has 1 N–H and O–H groups in total. The lowest BCUT2D eigenvalue weighted by molar-refractivity contribution is 0.242. The molecule has 1 aliphatic rings. The number of hydrogen-bond acceptors (Lipinski definition) is 5. The number of rotatable bonds is 4. The molecule has 128 valence electrons. The molecule has 0 aliphatic carbocycles. The van der Waals surface area contributed by atoms with Gasteiger partial charge in [-0.2, -0.15) is 0 Å². The van der Waals surface area contributed by atoms with Crippen LogP contribution in [0.15, 0.2) is 47.8 Å². The summed E-state index contributed by atoms with van der Waals surface area (Å²) in [6.07, 6.45) is 0.179. The van der Waals surface area contributed by atoms with E-state index in [9.17, 15) is 0 Å². The predicted molar refractivity (Wildman–Crippen MR) is 103 cm³/mol. The summed E-state index contributed by atoms with van der Waals surface area (Å²) in [6.45, 7) is 5.60. The van der Waals surface area contributed by atoms with E-state index in [2.05, 4.69) is 35.0 Å². The maximum atomic E-state index is 5.70. The van der Waals surface area contributed by atoms with Crippen LogP contribution in [0.1, 0.15) is 13.8 Å². The fourth-order valence-electron chi connectivity index (χ4n) is 2.79. The lowest BCUT2D eigenvalue weighted by Crippen LogP contribution is -2.17. The Balaban J connectivity index is 1.58. The zero-order valence-electron chi connectivity index (χ0n) is 14.3. The molecule has 0 amide bonds. The smallest absolute Gasteiger partial charge is 0.142 e. The van der Waals surface area contributed by atoms with E-state index in [1.54, 1.807) is 11.3 Å². The van der Waals surface area contributed by atoms with Crippen molar-refractivity contribution in [3.05, 3.63) is 47.8 Å². The SMILES string of the molecule is CC(C)Oc1ccc(-c2csc(-c3ccc4c(c3)NCCO4)n2)cc1. The van der Waals surface area contributed by atoms with Crippen LogP contribution in [0.4, 0.5) is 5.69 Å². The van der Waals surface area contributed by atoms with Gasteiger partial charge in [-0.05, 0) is 56.3 Å². The van der Waals surface area contributed by atoms with E-state index in [1.165, 1.54) is 0 Å². The van der Waals surface area contributed by atoms with E-state index in [0.717, 1.165) is 45.6 Å². The summed E-state index contributed by atoms with van der Waals surface area (Å²) in [7, 11) is 0. The first-order chi connectivity index (χ1) is 12.2. The highest BCUT2D eigenvalue weighted by Crippen LogP contribution is 2.35. The van der Waals surface area contributed by atoms with Crippen molar-refractivity contribution < 1.29 is 9.47 Å². The molecule has 0 atom stereocenters. The largest absolute Gasteiger partial charge is 0.491 e. The summed E-state index contributed by atoms with van der Waals surface area (Å²) in [5.74, 6) is 1.79. The van der Waals surface area contributed by atoms with Gasteiger partial charge in [-0.15, -0.1) is 11.3 Å². The monoisotopic (exact) mass is 352 g/mol. The normalized spacial score (nSPS) is 13.1. The second-order valence-electron chi connectivity index (χ2n) is 6.22. The summed E-state index contributed by atoms with van der Waals surface area (Å²) >= 11 is 1.65. The number of benzene rings is 2. The Morgan fingerprint density at radius 3 is 2.72 bits per heavy atom. The number of nitrogens with one attached hydrogen (secondary N) is 1. The first kappa shape index (κ1) is 16.0. The molecule has 0 bridgehead atoms. The first-order valence-electron chi connectivity index (χ1n) is 8.43. The van der Waals surface area contributed by atoms with Gasteiger partial charge in [-0.3, -0.25) is 0 Å². The molecule has 1 aromatic heterocycles. The Morgan fingerprint density at radius 1 is 1.12 bits per heavy atom. The van der Waals surface area contributed by atoms with Crippen molar-refractivity contribution in [2.24, 2.45) is 0 Å². The number of thiazole rings is 1. The Morgan fingerprint density at radius 2 is 1.92 bits per heavy atom. The van der Waals surface area contributed by atoms with Crippen LogP contribution in [0.25, 0.3) is 21.8 Å². The third kappa shape index (κ3) is 3.46. The molecule has 0 saturated carbocycles. The van der Waals surface area contributed by atoms with Gasteiger partial charge in [0.2, 0.25) is 0 Å². The van der Waals surface area contributed by atoms with Crippen LogP contribution in [0.2, 0.25) is 0 Å². The van der Waals surface area contributed by atoms with Crippen molar-refractivity contribution in [1.82, 2.24) is 4.98 Å². The highest BCUT2D eigenvalue weighted by Gasteiger charge is 2.13. The highest BCUT2D eigenvalue weighted by atomic mass is 32.1. The number of aromatic nitrogens is 1. The molecule has 4 rings (SSSR count). The molecule has 1 aliphatic heterocycles. The summed E-state index contributed by atoms with van der Waals surface area (Å²) in [6, 6.07) is 14.3. The van der Waals surface area contributed by atoms with Crippen molar-refractivity contribution in [3.8, 4) is 33.3 Å². The highest BCUT2D eigenvalue weighted by molar-refractivity contribution is 7.13. The van der Waals surface area contributed by atoms with Gasteiger partial charge in [0.15, 0.2) is 0 Å². The number of anilines is 1. The average molecular weight is 352 g/mol. The number of hydrogen-bond donors (Lipinski definition) is 1. The summed E-state index contributed by atoms with van der Waals surface area (Å²) in [5, 5.41) is 6.47. The van der Waals surface area contributed by atoms with Crippen LogP contribution in [0.3, 0.4) is 0 Å². The second kappa shape index (κ2) is 6.76.